The number of H-pyrrole nitrogens is 2. The molecule has 6 nitrogen and oxygen atoms in total. The Hall–Kier alpha value is -2.63. The number of hydrogen-bond donors (Lipinski definition) is 2. The first-order valence-corrected chi connectivity index (χ1v) is 5.01. The molecule has 17 heavy (non-hydrogen) atoms. The molecule has 0 unspecified atom stereocenters. The first kappa shape index (κ1) is 9.59. The van der Waals surface area contributed by atoms with Gasteiger partial charge in [-0.15, -0.1) is 0 Å². The third-order valence-corrected chi connectivity index (χ3v) is 2.52. The van der Waals surface area contributed by atoms with Gasteiger partial charge in [0.1, 0.15) is 5.52 Å². The summed E-state index contributed by atoms with van der Waals surface area (Å²) in [6, 6.07) is 9.17. The fourth-order valence-electron chi connectivity index (χ4n) is 1.74. The molecule has 0 amide bonds. The Morgan fingerprint density at radius 2 is 1.71 bits per heavy atom. The molecule has 0 aliphatic heterocycles. The Bertz CT molecular complexity index is 782. The minimum absolute atomic E-state index is 0.250. The number of nitrogens with zero attached hydrogens (tertiary/aromatic N) is 2. The van der Waals surface area contributed by atoms with E-state index in [1.165, 1.54) is 10.9 Å². The first-order chi connectivity index (χ1) is 8.27. The van der Waals surface area contributed by atoms with Gasteiger partial charge in [-0.2, -0.15) is 5.10 Å². The van der Waals surface area contributed by atoms with Crippen LogP contribution in [0.1, 0.15) is 0 Å². The normalized spacial score (nSPS) is 10.8. The first-order valence-electron chi connectivity index (χ1n) is 5.01. The number of rotatable bonds is 1. The van der Waals surface area contributed by atoms with Crippen LogP contribution >= 0.6 is 0 Å². The molecule has 2 N–H and O–H groups in total. The Morgan fingerprint density at radius 3 is 2.47 bits per heavy atom. The molecule has 0 radical (unpaired) electrons. The van der Waals surface area contributed by atoms with Gasteiger partial charge in [-0.3, -0.25) is 19.8 Å². The number of benzene rings is 1. The lowest BCUT2D eigenvalue weighted by atomic mass is 10.3. The van der Waals surface area contributed by atoms with Crippen LogP contribution in [0.3, 0.4) is 0 Å². The topological polar surface area (TPSA) is 83.5 Å². The Labute approximate surface area is 94.5 Å². The van der Waals surface area contributed by atoms with Crippen molar-refractivity contribution in [1.82, 2.24) is 20.0 Å². The van der Waals surface area contributed by atoms with Crippen LogP contribution in [-0.4, -0.2) is 20.0 Å². The smallest absolute Gasteiger partial charge is 0.267 e. The Kier molecular flexibility index (Phi) is 1.94. The highest BCUT2D eigenvalue weighted by Gasteiger charge is 2.10. The number of nitrogens with one attached hydrogen (secondary N) is 2. The maximum Gasteiger partial charge on any atom is 0.289 e. The molecular formula is C11H8N4O2. The zero-order chi connectivity index (χ0) is 11.8. The summed E-state index contributed by atoms with van der Waals surface area (Å²) in [5.74, 6) is 0. The van der Waals surface area contributed by atoms with Crippen molar-refractivity contribution in [1.29, 1.82) is 0 Å². The SMILES string of the molecule is O=c1[nH][nH]c(=O)c2c1cnn2-c1ccccc1. The van der Waals surface area contributed by atoms with Gasteiger partial charge in [-0.05, 0) is 12.1 Å². The molecule has 6 heteroatoms. The number of hydrogen-bond acceptors (Lipinski definition) is 3. The molecule has 0 atom stereocenters. The molecule has 0 spiro atoms. The number of aromatic amines is 2. The maximum absolute atomic E-state index is 11.7. The van der Waals surface area contributed by atoms with Gasteiger partial charge in [-0.25, -0.2) is 4.68 Å². The standard InChI is InChI=1S/C11H8N4O2/c16-10-8-6-12-15(7-4-2-1-3-5-7)9(8)11(17)14-13-10/h1-6H,(H,13,16)(H,14,17). The lowest BCUT2D eigenvalue weighted by Crippen LogP contribution is -2.20. The highest BCUT2D eigenvalue weighted by molar-refractivity contribution is 5.77. The van der Waals surface area contributed by atoms with Gasteiger partial charge in [0.25, 0.3) is 11.1 Å². The Morgan fingerprint density at radius 1 is 1.00 bits per heavy atom. The van der Waals surface area contributed by atoms with Crippen LogP contribution in [0.25, 0.3) is 16.6 Å². The maximum atomic E-state index is 11.7. The average Bonchev–Trinajstić information content (AvgIpc) is 2.81. The highest BCUT2D eigenvalue weighted by Crippen LogP contribution is 2.10. The third-order valence-electron chi connectivity index (χ3n) is 2.52. The summed E-state index contributed by atoms with van der Waals surface area (Å²) in [4.78, 5) is 23.2. The van der Waals surface area contributed by atoms with E-state index in [0.717, 1.165) is 5.69 Å². The van der Waals surface area contributed by atoms with Gasteiger partial charge in [0.05, 0.1) is 17.3 Å². The van der Waals surface area contributed by atoms with Gasteiger partial charge in [0.2, 0.25) is 0 Å². The van der Waals surface area contributed by atoms with Crippen LogP contribution in [0.4, 0.5) is 0 Å². The van der Waals surface area contributed by atoms with Gasteiger partial charge < -0.3 is 0 Å². The number of aromatic nitrogens is 4. The van der Waals surface area contributed by atoms with E-state index >= 15 is 0 Å². The summed E-state index contributed by atoms with van der Waals surface area (Å²) in [6.07, 6.45) is 1.39. The lowest BCUT2D eigenvalue weighted by molar-refractivity contribution is 0.893. The molecule has 0 saturated heterocycles. The number of para-hydroxylation sites is 1. The number of fused-ring (bicyclic) bond motifs is 1. The molecule has 0 aliphatic rings. The van der Waals surface area contributed by atoms with Crippen molar-refractivity contribution in [3.63, 3.8) is 0 Å². The predicted octanol–water partition coefficient (Wildman–Crippen LogP) is 0.402. The summed E-state index contributed by atoms with van der Waals surface area (Å²) in [5.41, 5.74) is 0.251. The van der Waals surface area contributed by atoms with Crippen LogP contribution in [0.15, 0.2) is 46.1 Å². The van der Waals surface area contributed by atoms with Crippen molar-refractivity contribution in [2.75, 3.05) is 0 Å². The van der Waals surface area contributed by atoms with E-state index in [-0.39, 0.29) is 22.0 Å². The van der Waals surface area contributed by atoms with Crippen LogP contribution in [0.5, 0.6) is 0 Å². The van der Waals surface area contributed by atoms with Gasteiger partial charge >= 0.3 is 0 Å². The monoisotopic (exact) mass is 228 g/mol. The molecular weight excluding hydrogens is 220 g/mol. The van der Waals surface area contributed by atoms with E-state index < -0.39 is 0 Å². The van der Waals surface area contributed by atoms with Gasteiger partial charge in [0, 0.05) is 0 Å². The van der Waals surface area contributed by atoms with Crippen molar-refractivity contribution in [2.24, 2.45) is 0 Å². The van der Waals surface area contributed by atoms with E-state index in [2.05, 4.69) is 15.3 Å². The minimum atomic E-state index is -0.374. The van der Waals surface area contributed by atoms with Gasteiger partial charge in [0.15, 0.2) is 0 Å². The van der Waals surface area contributed by atoms with Crippen LogP contribution in [0.2, 0.25) is 0 Å². The van der Waals surface area contributed by atoms with Crippen molar-refractivity contribution in [3.05, 3.63) is 57.2 Å². The van der Waals surface area contributed by atoms with Crippen LogP contribution in [0, 0.1) is 0 Å². The van der Waals surface area contributed by atoms with E-state index in [4.69, 9.17) is 0 Å². The average molecular weight is 228 g/mol. The van der Waals surface area contributed by atoms with E-state index in [1.54, 1.807) is 0 Å². The zero-order valence-electron chi connectivity index (χ0n) is 8.68. The van der Waals surface area contributed by atoms with E-state index in [0.29, 0.717) is 0 Å². The molecule has 84 valence electrons. The molecule has 1 aromatic carbocycles. The third kappa shape index (κ3) is 1.38. The summed E-state index contributed by atoms with van der Waals surface area (Å²) in [5, 5.41) is 8.89. The van der Waals surface area contributed by atoms with Crippen LogP contribution < -0.4 is 11.1 Å². The van der Waals surface area contributed by atoms with Crippen molar-refractivity contribution >= 4 is 10.9 Å². The molecule has 0 aliphatic carbocycles. The molecule has 0 saturated carbocycles. The fraction of sp³-hybridized carbons (Fsp3) is 0. The van der Waals surface area contributed by atoms with Crippen molar-refractivity contribution in [3.8, 4) is 5.69 Å². The zero-order valence-corrected chi connectivity index (χ0v) is 8.68. The lowest BCUT2D eigenvalue weighted by Gasteiger charge is -2.01. The second kappa shape index (κ2) is 3.44. The summed E-state index contributed by atoms with van der Waals surface area (Å²) in [6.45, 7) is 0. The minimum Gasteiger partial charge on any atom is -0.267 e. The molecule has 3 aromatic rings. The predicted molar refractivity (Wildman–Crippen MR) is 62.3 cm³/mol. The summed E-state index contributed by atoms with van der Waals surface area (Å²) >= 11 is 0. The summed E-state index contributed by atoms with van der Waals surface area (Å²) in [7, 11) is 0. The van der Waals surface area contributed by atoms with Crippen molar-refractivity contribution < 1.29 is 0 Å². The largest absolute Gasteiger partial charge is 0.289 e. The molecule has 0 fully saturated rings. The highest BCUT2D eigenvalue weighted by atomic mass is 16.1. The van der Waals surface area contributed by atoms with E-state index in [9.17, 15) is 9.59 Å². The molecule has 2 heterocycles. The Balaban J connectivity index is 2.44. The van der Waals surface area contributed by atoms with Crippen LogP contribution in [-0.2, 0) is 0 Å². The molecule has 0 bridgehead atoms. The van der Waals surface area contributed by atoms with E-state index in [1.807, 2.05) is 30.3 Å². The second-order valence-corrected chi connectivity index (χ2v) is 3.56. The molecule has 3 rings (SSSR count). The molecule has 2 aromatic heterocycles. The fourth-order valence-corrected chi connectivity index (χ4v) is 1.74. The second-order valence-electron chi connectivity index (χ2n) is 3.56. The quantitative estimate of drug-likeness (QED) is 0.632. The summed E-state index contributed by atoms with van der Waals surface area (Å²) < 4.78 is 1.45. The van der Waals surface area contributed by atoms with Gasteiger partial charge in [-0.1, -0.05) is 18.2 Å². The van der Waals surface area contributed by atoms with Crippen molar-refractivity contribution in [2.45, 2.75) is 0 Å².